The van der Waals surface area contributed by atoms with Crippen molar-refractivity contribution in [1.82, 2.24) is 14.9 Å². The normalized spacial score (nSPS) is 19.0. The molecule has 0 aliphatic heterocycles. The van der Waals surface area contributed by atoms with Crippen molar-refractivity contribution in [2.24, 2.45) is 18.9 Å². The summed E-state index contributed by atoms with van der Waals surface area (Å²) < 4.78 is 1.88. The number of aryl methyl sites for hydroxylation is 2. The first-order valence-corrected chi connectivity index (χ1v) is 12.2. The molecule has 5 nitrogen and oxygen atoms in total. The zero-order valence-corrected chi connectivity index (χ0v) is 20.5. The number of aromatic nitrogens is 2. The standard InChI is InChI=1S/C26H29Cl2N3O2/c1-16(24(32)9-7-19-13-22-23(28)15-31(2)25(22)29-14-19)30-26(33)20-8-6-18(11-20)10-17-4-3-5-21(27)12-17/h3-5,12-16,18,20H,6-11H2,1-2H3,(H,30,33)/t16-,18-,20+/m0/s1. The van der Waals surface area contributed by atoms with Gasteiger partial charge in [-0.1, -0.05) is 35.3 Å². The van der Waals surface area contributed by atoms with Gasteiger partial charge in [0, 0.05) is 42.2 Å². The van der Waals surface area contributed by atoms with Gasteiger partial charge in [0.25, 0.3) is 0 Å². The molecule has 0 spiro atoms. The molecule has 1 aliphatic rings. The van der Waals surface area contributed by atoms with E-state index in [-0.39, 0.29) is 17.6 Å². The molecule has 1 aromatic carbocycles. The first-order valence-electron chi connectivity index (χ1n) is 11.5. The molecule has 1 fully saturated rings. The lowest BCUT2D eigenvalue weighted by molar-refractivity contribution is -0.129. The number of amides is 1. The van der Waals surface area contributed by atoms with Crippen LogP contribution in [0.4, 0.5) is 0 Å². The molecule has 1 aliphatic carbocycles. The van der Waals surface area contributed by atoms with Gasteiger partial charge in [0.05, 0.1) is 11.1 Å². The number of benzene rings is 1. The fourth-order valence-electron chi connectivity index (χ4n) is 4.79. The van der Waals surface area contributed by atoms with E-state index in [2.05, 4.69) is 16.4 Å². The second kappa shape index (κ2) is 10.3. The van der Waals surface area contributed by atoms with Crippen LogP contribution in [-0.4, -0.2) is 27.3 Å². The summed E-state index contributed by atoms with van der Waals surface area (Å²) in [6.45, 7) is 1.77. The fourth-order valence-corrected chi connectivity index (χ4v) is 5.28. The Kier molecular flexibility index (Phi) is 7.40. The third kappa shape index (κ3) is 5.77. The first-order chi connectivity index (χ1) is 15.8. The van der Waals surface area contributed by atoms with Crippen LogP contribution in [0.1, 0.15) is 43.7 Å². The maximum absolute atomic E-state index is 12.8. The molecule has 3 aromatic rings. The highest BCUT2D eigenvalue weighted by atomic mass is 35.5. The highest BCUT2D eigenvalue weighted by Gasteiger charge is 2.31. The van der Waals surface area contributed by atoms with E-state index in [0.717, 1.165) is 47.3 Å². The van der Waals surface area contributed by atoms with E-state index >= 15 is 0 Å². The zero-order valence-electron chi connectivity index (χ0n) is 19.0. The van der Waals surface area contributed by atoms with Gasteiger partial charge in [0.15, 0.2) is 5.78 Å². The van der Waals surface area contributed by atoms with Gasteiger partial charge >= 0.3 is 0 Å². The maximum atomic E-state index is 12.8. The summed E-state index contributed by atoms with van der Waals surface area (Å²) in [5.41, 5.74) is 2.99. The molecule has 0 unspecified atom stereocenters. The average Bonchev–Trinajstić information content (AvgIpc) is 3.36. The van der Waals surface area contributed by atoms with Crippen molar-refractivity contribution in [3.8, 4) is 0 Å². The molecular formula is C26H29Cl2N3O2. The lowest BCUT2D eigenvalue weighted by atomic mass is 9.96. The van der Waals surface area contributed by atoms with E-state index in [1.165, 1.54) is 5.56 Å². The smallest absolute Gasteiger partial charge is 0.223 e. The number of hydrogen-bond donors (Lipinski definition) is 1. The Morgan fingerprint density at radius 1 is 1.21 bits per heavy atom. The predicted octanol–water partition coefficient (Wildman–Crippen LogP) is 5.55. The van der Waals surface area contributed by atoms with Gasteiger partial charge in [-0.05, 0) is 74.3 Å². The lowest BCUT2D eigenvalue weighted by Crippen LogP contribution is -2.41. The minimum atomic E-state index is -0.499. The number of nitrogens with zero attached hydrogens (tertiary/aromatic N) is 2. The Hall–Kier alpha value is -2.37. The molecule has 0 bridgehead atoms. The summed E-state index contributed by atoms with van der Waals surface area (Å²) in [7, 11) is 1.90. The topological polar surface area (TPSA) is 64.0 Å². The highest BCUT2D eigenvalue weighted by molar-refractivity contribution is 6.35. The van der Waals surface area contributed by atoms with Crippen LogP contribution in [0.2, 0.25) is 10.0 Å². The lowest BCUT2D eigenvalue weighted by Gasteiger charge is -2.17. The number of fused-ring (bicyclic) bond motifs is 1. The summed E-state index contributed by atoms with van der Waals surface area (Å²) in [4.78, 5) is 29.9. The van der Waals surface area contributed by atoms with Crippen LogP contribution in [-0.2, 0) is 29.5 Å². The van der Waals surface area contributed by atoms with Crippen LogP contribution in [0.3, 0.4) is 0 Å². The van der Waals surface area contributed by atoms with E-state index in [4.69, 9.17) is 23.2 Å². The Bertz CT molecular complexity index is 1170. The molecule has 174 valence electrons. The molecule has 2 heterocycles. The third-order valence-electron chi connectivity index (χ3n) is 6.65. The number of rotatable bonds is 8. The van der Waals surface area contributed by atoms with Crippen molar-refractivity contribution in [1.29, 1.82) is 0 Å². The van der Waals surface area contributed by atoms with E-state index in [9.17, 15) is 9.59 Å². The molecule has 1 N–H and O–H groups in total. The highest BCUT2D eigenvalue weighted by Crippen LogP contribution is 2.34. The quantitative estimate of drug-likeness (QED) is 0.455. The molecule has 1 saturated carbocycles. The fraction of sp³-hybridized carbons (Fsp3) is 0.423. The number of nitrogens with one attached hydrogen (secondary N) is 1. The molecule has 3 atom stereocenters. The Morgan fingerprint density at radius 2 is 2.03 bits per heavy atom. The number of hydrogen-bond acceptors (Lipinski definition) is 3. The molecule has 4 rings (SSSR count). The number of halogens is 2. The number of pyridine rings is 1. The SMILES string of the molecule is C[C@H](NC(=O)[C@@H]1CC[C@@H](Cc2cccc(Cl)c2)C1)C(=O)CCc1cnc2c(c1)c(Cl)cn2C. The van der Waals surface area contributed by atoms with Crippen molar-refractivity contribution in [3.63, 3.8) is 0 Å². The second-order valence-electron chi connectivity index (χ2n) is 9.21. The third-order valence-corrected chi connectivity index (χ3v) is 7.19. The number of Topliss-reactive ketones (excluding diaryl/α,β-unsaturated/α-hetero) is 1. The first kappa shape index (κ1) is 23.8. The Balaban J connectivity index is 1.25. The summed E-state index contributed by atoms with van der Waals surface area (Å²) >= 11 is 12.4. The van der Waals surface area contributed by atoms with Gasteiger partial charge in [-0.2, -0.15) is 0 Å². The van der Waals surface area contributed by atoms with E-state index in [1.54, 1.807) is 13.1 Å². The summed E-state index contributed by atoms with van der Waals surface area (Å²) in [5, 5.41) is 5.23. The van der Waals surface area contributed by atoms with E-state index in [1.807, 2.05) is 42.1 Å². The summed E-state index contributed by atoms with van der Waals surface area (Å²) in [6.07, 6.45) is 8.19. The van der Waals surface area contributed by atoms with Gasteiger partial charge < -0.3 is 9.88 Å². The van der Waals surface area contributed by atoms with Gasteiger partial charge in [0.2, 0.25) is 5.91 Å². The predicted molar refractivity (Wildman–Crippen MR) is 133 cm³/mol. The van der Waals surface area contributed by atoms with E-state index in [0.29, 0.717) is 23.8 Å². The Labute approximate surface area is 204 Å². The number of carbonyl (C=O) groups is 2. The minimum Gasteiger partial charge on any atom is -0.346 e. The Morgan fingerprint density at radius 3 is 2.82 bits per heavy atom. The van der Waals surface area contributed by atoms with E-state index < -0.39 is 6.04 Å². The van der Waals surface area contributed by atoms with Crippen molar-refractivity contribution >= 4 is 45.9 Å². The van der Waals surface area contributed by atoms with Crippen LogP contribution >= 0.6 is 23.2 Å². The molecule has 0 saturated heterocycles. The molecule has 0 radical (unpaired) electrons. The number of carbonyl (C=O) groups excluding carboxylic acids is 2. The van der Waals surface area contributed by atoms with Crippen molar-refractivity contribution in [3.05, 3.63) is 63.9 Å². The van der Waals surface area contributed by atoms with Gasteiger partial charge in [-0.25, -0.2) is 4.98 Å². The minimum absolute atomic E-state index is 0.0106. The van der Waals surface area contributed by atoms with Crippen molar-refractivity contribution in [2.75, 3.05) is 0 Å². The summed E-state index contributed by atoms with van der Waals surface area (Å²) in [5.74, 6) is 0.452. The van der Waals surface area contributed by atoms with Gasteiger partial charge in [-0.15, -0.1) is 0 Å². The largest absolute Gasteiger partial charge is 0.346 e. The van der Waals surface area contributed by atoms with Crippen molar-refractivity contribution < 1.29 is 9.59 Å². The molecule has 7 heteroatoms. The zero-order chi connectivity index (χ0) is 23.5. The van der Waals surface area contributed by atoms with Crippen LogP contribution in [0, 0.1) is 11.8 Å². The molecular weight excluding hydrogens is 457 g/mol. The van der Waals surface area contributed by atoms with Crippen LogP contribution in [0.25, 0.3) is 11.0 Å². The maximum Gasteiger partial charge on any atom is 0.223 e. The van der Waals surface area contributed by atoms with Gasteiger partial charge in [-0.3, -0.25) is 9.59 Å². The van der Waals surface area contributed by atoms with Gasteiger partial charge in [0.1, 0.15) is 5.65 Å². The van der Waals surface area contributed by atoms with Crippen LogP contribution in [0.15, 0.2) is 42.7 Å². The monoisotopic (exact) mass is 485 g/mol. The number of ketones is 1. The second-order valence-corrected chi connectivity index (χ2v) is 10.1. The van der Waals surface area contributed by atoms with Crippen LogP contribution in [0.5, 0.6) is 0 Å². The van der Waals surface area contributed by atoms with Crippen molar-refractivity contribution in [2.45, 2.75) is 51.5 Å². The molecule has 1 amide bonds. The molecule has 33 heavy (non-hydrogen) atoms. The summed E-state index contributed by atoms with van der Waals surface area (Å²) in [6, 6.07) is 9.40. The molecule has 2 aromatic heterocycles. The average molecular weight is 486 g/mol. The van der Waals surface area contributed by atoms with Crippen LogP contribution < -0.4 is 5.32 Å².